The van der Waals surface area contributed by atoms with Crippen molar-refractivity contribution in [2.75, 3.05) is 11.4 Å². The Labute approximate surface area is 139 Å². The van der Waals surface area contributed by atoms with Crippen molar-refractivity contribution in [3.63, 3.8) is 0 Å². The normalized spacial score (nSPS) is 15.4. The lowest BCUT2D eigenvalue weighted by Crippen LogP contribution is -2.37. The Bertz CT molecular complexity index is 779. The molecule has 0 saturated carbocycles. The summed E-state index contributed by atoms with van der Waals surface area (Å²) < 4.78 is 1.43. The van der Waals surface area contributed by atoms with E-state index in [1.54, 1.807) is 17.9 Å². The second kappa shape index (κ2) is 6.39. The number of fused-ring (bicyclic) bond motifs is 1. The molecule has 2 aromatic rings. The second-order valence-corrected chi connectivity index (χ2v) is 5.99. The quantitative estimate of drug-likeness (QED) is 0.849. The number of nitrogens with zero attached hydrogens (tertiary/aromatic N) is 5. The molecule has 6 nitrogen and oxygen atoms in total. The van der Waals surface area contributed by atoms with E-state index in [0.717, 1.165) is 30.5 Å². The van der Waals surface area contributed by atoms with E-state index in [-0.39, 0.29) is 11.7 Å². The molecule has 0 spiro atoms. The van der Waals surface area contributed by atoms with E-state index < -0.39 is 6.04 Å². The molecule has 2 heterocycles. The number of benzene rings is 1. The van der Waals surface area contributed by atoms with Gasteiger partial charge in [0.1, 0.15) is 18.4 Å². The summed E-state index contributed by atoms with van der Waals surface area (Å²) in [5.74, 6) is -0.00226. The average Bonchev–Trinajstić information content (AvgIpc) is 2.94. The topological polar surface area (TPSA) is 74.8 Å². The zero-order chi connectivity index (χ0) is 16.4. The average molecular weight is 330 g/mol. The van der Waals surface area contributed by atoms with Gasteiger partial charge in [-0.2, -0.15) is 5.26 Å². The number of hydrogen-bond donors (Lipinski definition) is 0. The first kappa shape index (κ1) is 15.5. The van der Waals surface area contributed by atoms with E-state index in [1.165, 1.54) is 11.0 Å². The predicted molar refractivity (Wildman–Crippen MR) is 86.2 cm³/mol. The van der Waals surface area contributed by atoms with E-state index in [0.29, 0.717) is 11.6 Å². The molecule has 1 aromatic heterocycles. The summed E-state index contributed by atoms with van der Waals surface area (Å²) in [5, 5.41) is 13.5. The van der Waals surface area contributed by atoms with Crippen molar-refractivity contribution in [3.8, 4) is 6.07 Å². The van der Waals surface area contributed by atoms with Gasteiger partial charge in [-0.25, -0.2) is 9.67 Å². The van der Waals surface area contributed by atoms with Gasteiger partial charge in [-0.1, -0.05) is 11.6 Å². The molecule has 0 saturated heterocycles. The minimum Gasteiger partial charge on any atom is -0.310 e. The Morgan fingerprint density at radius 1 is 1.43 bits per heavy atom. The minimum atomic E-state index is -0.522. The molecule has 0 fully saturated rings. The van der Waals surface area contributed by atoms with Gasteiger partial charge in [-0.3, -0.25) is 4.79 Å². The number of carbonyl (C=O) groups excluding carboxylic acids is 1. The minimum absolute atomic E-state index is 0.0627. The highest BCUT2D eigenvalue weighted by molar-refractivity contribution is 6.30. The van der Waals surface area contributed by atoms with Gasteiger partial charge in [-0.15, -0.1) is 5.10 Å². The van der Waals surface area contributed by atoms with Crippen LogP contribution in [0.5, 0.6) is 0 Å². The summed E-state index contributed by atoms with van der Waals surface area (Å²) in [7, 11) is 0. The molecule has 1 unspecified atom stereocenters. The Morgan fingerprint density at radius 2 is 2.26 bits per heavy atom. The molecule has 1 aliphatic rings. The fraction of sp³-hybridized carbons (Fsp3) is 0.375. The van der Waals surface area contributed by atoms with Crippen molar-refractivity contribution in [1.82, 2.24) is 14.8 Å². The van der Waals surface area contributed by atoms with Gasteiger partial charge in [0, 0.05) is 17.3 Å². The first-order valence-corrected chi connectivity index (χ1v) is 7.89. The van der Waals surface area contributed by atoms with Crippen molar-refractivity contribution in [3.05, 3.63) is 40.9 Å². The molecule has 0 N–H and O–H groups in total. The Hall–Kier alpha value is -2.39. The van der Waals surface area contributed by atoms with Gasteiger partial charge in [0.2, 0.25) is 0 Å². The van der Waals surface area contributed by atoms with Crippen LogP contribution in [0.2, 0.25) is 5.02 Å². The van der Waals surface area contributed by atoms with Crippen LogP contribution in [-0.2, 0) is 11.2 Å². The van der Waals surface area contributed by atoms with Crippen LogP contribution in [0.25, 0.3) is 0 Å². The number of amides is 1. The first-order chi connectivity index (χ1) is 11.1. The molecule has 1 aliphatic heterocycles. The number of anilines is 1. The molecule has 23 heavy (non-hydrogen) atoms. The van der Waals surface area contributed by atoms with Crippen LogP contribution in [0.4, 0.5) is 5.69 Å². The summed E-state index contributed by atoms with van der Waals surface area (Å²) in [6.45, 7) is 2.43. The van der Waals surface area contributed by atoms with Crippen LogP contribution in [-0.4, -0.2) is 27.2 Å². The van der Waals surface area contributed by atoms with Crippen LogP contribution in [0.3, 0.4) is 0 Å². The molecule has 1 amide bonds. The maximum Gasteiger partial charge on any atom is 0.252 e. The third-order valence-electron chi connectivity index (χ3n) is 4.04. The van der Waals surface area contributed by atoms with Crippen LogP contribution in [0.1, 0.15) is 37.2 Å². The van der Waals surface area contributed by atoms with Gasteiger partial charge >= 0.3 is 0 Å². The molecule has 0 radical (unpaired) electrons. The zero-order valence-corrected chi connectivity index (χ0v) is 13.5. The zero-order valence-electron chi connectivity index (χ0n) is 12.7. The van der Waals surface area contributed by atoms with Crippen LogP contribution in [0.15, 0.2) is 24.5 Å². The van der Waals surface area contributed by atoms with Crippen molar-refractivity contribution < 1.29 is 4.79 Å². The predicted octanol–water partition coefficient (Wildman–Crippen LogP) is 2.73. The van der Waals surface area contributed by atoms with E-state index in [9.17, 15) is 4.79 Å². The highest BCUT2D eigenvalue weighted by Gasteiger charge is 2.27. The summed E-state index contributed by atoms with van der Waals surface area (Å²) >= 11 is 6.08. The lowest BCUT2D eigenvalue weighted by Gasteiger charge is -2.26. The molecule has 0 aliphatic carbocycles. The lowest BCUT2D eigenvalue weighted by atomic mass is 10.1. The van der Waals surface area contributed by atoms with E-state index >= 15 is 0 Å². The number of halogens is 1. The monoisotopic (exact) mass is 329 g/mol. The number of nitriles is 1. The Morgan fingerprint density at radius 3 is 3.00 bits per heavy atom. The third-order valence-corrected chi connectivity index (χ3v) is 4.27. The SMILES string of the molecule is CC(C(=O)N1CCCCc2cc(Cl)ccc21)n1cnc(C#N)n1. The Balaban J connectivity index is 1.91. The van der Waals surface area contributed by atoms with E-state index in [4.69, 9.17) is 16.9 Å². The summed E-state index contributed by atoms with van der Waals surface area (Å²) in [4.78, 5) is 18.6. The molecular weight excluding hydrogens is 314 g/mol. The highest BCUT2D eigenvalue weighted by Crippen LogP contribution is 2.30. The van der Waals surface area contributed by atoms with Crippen LogP contribution < -0.4 is 4.90 Å². The van der Waals surface area contributed by atoms with E-state index in [2.05, 4.69) is 10.1 Å². The van der Waals surface area contributed by atoms with Crippen molar-refractivity contribution in [2.24, 2.45) is 0 Å². The number of hydrogen-bond acceptors (Lipinski definition) is 4. The van der Waals surface area contributed by atoms with Crippen LogP contribution in [0, 0.1) is 11.3 Å². The van der Waals surface area contributed by atoms with Crippen molar-refractivity contribution >= 4 is 23.2 Å². The largest absolute Gasteiger partial charge is 0.310 e. The maximum absolute atomic E-state index is 12.9. The fourth-order valence-electron chi connectivity index (χ4n) is 2.80. The molecular formula is C16H16ClN5O. The van der Waals surface area contributed by atoms with Crippen LogP contribution >= 0.6 is 11.6 Å². The number of aryl methyl sites for hydroxylation is 1. The molecule has 1 aromatic carbocycles. The third kappa shape index (κ3) is 3.06. The van der Waals surface area contributed by atoms with Gasteiger partial charge in [0.25, 0.3) is 11.7 Å². The van der Waals surface area contributed by atoms with Gasteiger partial charge in [0.05, 0.1) is 0 Å². The summed E-state index contributed by atoms with van der Waals surface area (Å²) in [6.07, 6.45) is 4.29. The van der Waals surface area contributed by atoms with E-state index in [1.807, 2.05) is 18.2 Å². The molecule has 0 bridgehead atoms. The molecule has 1 atom stereocenters. The smallest absolute Gasteiger partial charge is 0.252 e. The standard InChI is InChI=1S/C16H16ClN5O/c1-11(22-10-19-15(9-18)20-22)16(23)21-7-3-2-4-12-8-13(17)5-6-14(12)21/h5-6,8,10-11H,2-4,7H2,1H3. The van der Waals surface area contributed by atoms with Crippen molar-refractivity contribution in [2.45, 2.75) is 32.2 Å². The summed E-state index contributed by atoms with van der Waals surface area (Å²) in [6, 6.07) is 6.98. The van der Waals surface area contributed by atoms with Gasteiger partial charge < -0.3 is 4.90 Å². The molecule has 3 rings (SSSR count). The maximum atomic E-state index is 12.9. The van der Waals surface area contributed by atoms with Gasteiger partial charge in [-0.05, 0) is 49.9 Å². The highest BCUT2D eigenvalue weighted by atomic mass is 35.5. The Kier molecular flexibility index (Phi) is 4.30. The molecule has 118 valence electrons. The fourth-order valence-corrected chi connectivity index (χ4v) is 3.00. The number of carbonyl (C=O) groups is 1. The molecule has 7 heteroatoms. The van der Waals surface area contributed by atoms with Gasteiger partial charge in [0.15, 0.2) is 0 Å². The van der Waals surface area contributed by atoms with Crippen molar-refractivity contribution in [1.29, 1.82) is 5.26 Å². The number of aromatic nitrogens is 3. The first-order valence-electron chi connectivity index (χ1n) is 7.51. The second-order valence-electron chi connectivity index (χ2n) is 5.56. The number of rotatable bonds is 2. The lowest BCUT2D eigenvalue weighted by molar-refractivity contribution is -0.121. The summed E-state index contributed by atoms with van der Waals surface area (Å²) in [5.41, 5.74) is 2.00.